The molecule has 2 rings (SSSR count). The number of thiazole rings is 1. The zero-order valence-electron chi connectivity index (χ0n) is 12.3. The number of aliphatic hydroxyl groups excluding tert-OH is 1. The second-order valence-electron chi connectivity index (χ2n) is 6.69. The fraction of sp³-hybridized carbons (Fsp3) is 0.800. The van der Waals surface area contributed by atoms with Crippen LogP contribution >= 0.6 is 11.3 Å². The number of hydrogen-bond donors (Lipinski definition) is 2. The molecular weight excluding hydrogens is 256 g/mol. The maximum absolute atomic E-state index is 9.48. The third kappa shape index (κ3) is 4.55. The minimum absolute atomic E-state index is 0.0490. The van der Waals surface area contributed by atoms with Crippen LogP contribution in [0.1, 0.15) is 56.3 Å². The Morgan fingerprint density at radius 2 is 2.00 bits per heavy atom. The van der Waals surface area contributed by atoms with Crippen molar-refractivity contribution in [2.75, 3.05) is 6.54 Å². The molecule has 4 heteroatoms. The van der Waals surface area contributed by atoms with Crippen molar-refractivity contribution >= 4 is 11.3 Å². The van der Waals surface area contributed by atoms with Crippen molar-refractivity contribution in [1.82, 2.24) is 10.3 Å². The van der Waals surface area contributed by atoms with Gasteiger partial charge in [0.1, 0.15) is 0 Å². The fourth-order valence-electron chi connectivity index (χ4n) is 2.48. The molecule has 1 aromatic heterocycles. The van der Waals surface area contributed by atoms with Gasteiger partial charge in [-0.1, -0.05) is 20.8 Å². The molecule has 0 bridgehead atoms. The largest absolute Gasteiger partial charge is 0.393 e. The summed E-state index contributed by atoms with van der Waals surface area (Å²) in [4.78, 5) is 5.83. The highest BCUT2D eigenvalue weighted by Gasteiger charge is 2.20. The topological polar surface area (TPSA) is 45.2 Å². The van der Waals surface area contributed by atoms with E-state index >= 15 is 0 Å². The average Bonchev–Trinajstić information content (AvgIpc) is 2.80. The molecule has 0 radical (unpaired) electrons. The number of nitrogens with zero attached hydrogens (tertiary/aromatic N) is 1. The minimum atomic E-state index is -0.0490. The first-order valence-electron chi connectivity index (χ1n) is 7.29. The van der Waals surface area contributed by atoms with Gasteiger partial charge in [-0.05, 0) is 38.1 Å². The second-order valence-corrected chi connectivity index (χ2v) is 7.80. The molecule has 0 atom stereocenters. The Balaban J connectivity index is 1.72. The van der Waals surface area contributed by atoms with Gasteiger partial charge in [-0.3, -0.25) is 0 Å². The van der Waals surface area contributed by atoms with E-state index in [-0.39, 0.29) is 11.5 Å². The second kappa shape index (κ2) is 6.33. The van der Waals surface area contributed by atoms with Crippen molar-refractivity contribution in [3.8, 4) is 0 Å². The summed E-state index contributed by atoms with van der Waals surface area (Å²) in [5.74, 6) is 0.735. The molecule has 19 heavy (non-hydrogen) atoms. The van der Waals surface area contributed by atoms with E-state index in [2.05, 4.69) is 31.1 Å². The molecule has 0 saturated heterocycles. The van der Waals surface area contributed by atoms with Crippen LogP contribution in [0, 0.1) is 5.92 Å². The fourth-order valence-corrected chi connectivity index (χ4v) is 3.42. The highest BCUT2D eigenvalue weighted by atomic mass is 32.1. The van der Waals surface area contributed by atoms with Crippen molar-refractivity contribution in [2.45, 2.75) is 64.5 Å². The van der Waals surface area contributed by atoms with E-state index in [1.165, 1.54) is 9.88 Å². The van der Waals surface area contributed by atoms with E-state index < -0.39 is 0 Å². The van der Waals surface area contributed by atoms with E-state index in [9.17, 15) is 5.11 Å². The summed E-state index contributed by atoms with van der Waals surface area (Å²) >= 11 is 1.81. The number of aliphatic hydroxyl groups is 1. The Hall–Kier alpha value is -0.450. The molecule has 0 aliphatic heterocycles. The molecule has 1 aliphatic carbocycles. The van der Waals surface area contributed by atoms with Crippen LogP contribution in [0.15, 0.2) is 6.20 Å². The number of hydrogen-bond acceptors (Lipinski definition) is 4. The van der Waals surface area contributed by atoms with E-state index in [0.29, 0.717) is 0 Å². The smallest absolute Gasteiger partial charge is 0.0981 e. The summed E-state index contributed by atoms with van der Waals surface area (Å²) in [7, 11) is 0. The van der Waals surface area contributed by atoms with Crippen LogP contribution in [0.2, 0.25) is 0 Å². The molecule has 2 N–H and O–H groups in total. The lowest BCUT2D eigenvalue weighted by Gasteiger charge is -2.25. The third-order valence-electron chi connectivity index (χ3n) is 3.74. The number of aromatic nitrogens is 1. The summed E-state index contributed by atoms with van der Waals surface area (Å²) in [6, 6.07) is 0. The van der Waals surface area contributed by atoms with Crippen LogP contribution in [0.5, 0.6) is 0 Å². The first-order valence-corrected chi connectivity index (χ1v) is 8.11. The van der Waals surface area contributed by atoms with Crippen molar-refractivity contribution < 1.29 is 5.11 Å². The summed E-state index contributed by atoms with van der Waals surface area (Å²) in [5.41, 5.74) is 0.155. The summed E-state index contributed by atoms with van der Waals surface area (Å²) < 4.78 is 0. The molecule has 0 unspecified atom stereocenters. The van der Waals surface area contributed by atoms with E-state index in [1.54, 1.807) is 0 Å². The average molecular weight is 282 g/mol. The number of rotatable bonds is 4. The molecule has 1 aromatic rings. The molecule has 0 spiro atoms. The summed E-state index contributed by atoms with van der Waals surface area (Å²) in [5, 5.41) is 14.2. The van der Waals surface area contributed by atoms with Crippen LogP contribution in [-0.2, 0) is 12.0 Å². The van der Waals surface area contributed by atoms with Gasteiger partial charge in [0.2, 0.25) is 0 Å². The Kier molecular flexibility index (Phi) is 4.98. The van der Waals surface area contributed by atoms with Gasteiger partial charge >= 0.3 is 0 Å². The zero-order valence-corrected chi connectivity index (χ0v) is 13.1. The Morgan fingerprint density at radius 3 is 2.58 bits per heavy atom. The molecule has 0 aromatic carbocycles. The monoisotopic (exact) mass is 282 g/mol. The first kappa shape index (κ1) is 14.9. The van der Waals surface area contributed by atoms with Crippen molar-refractivity contribution in [3.05, 3.63) is 16.1 Å². The molecule has 3 nitrogen and oxygen atoms in total. The molecule has 1 heterocycles. The van der Waals surface area contributed by atoms with Crippen LogP contribution < -0.4 is 5.32 Å². The molecule has 1 saturated carbocycles. The minimum Gasteiger partial charge on any atom is -0.393 e. The molecule has 108 valence electrons. The van der Waals surface area contributed by atoms with Crippen LogP contribution in [0.25, 0.3) is 0 Å². The SMILES string of the molecule is CC(C)(C)c1ncc(CNCC2CCC(O)CC2)s1. The molecule has 0 amide bonds. The summed E-state index contributed by atoms with van der Waals surface area (Å²) in [6.45, 7) is 8.60. The van der Waals surface area contributed by atoms with Gasteiger partial charge in [-0.2, -0.15) is 0 Å². The predicted octanol–water partition coefficient (Wildman–Crippen LogP) is 3.08. The van der Waals surface area contributed by atoms with E-state index in [0.717, 1.165) is 44.7 Å². The normalized spacial score (nSPS) is 24.6. The Labute approximate surface area is 120 Å². The van der Waals surface area contributed by atoms with Crippen molar-refractivity contribution in [2.24, 2.45) is 5.92 Å². The molecule has 1 aliphatic rings. The lowest BCUT2D eigenvalue weighted by Crippen LogP contribution is -2.27. The van der Waals surface area contributed by atoms with Gasteiger partial charge in [-0.15, -0.1) is 11.3 Å². The first-order chi connectivity index (χ1) is 8.95. The zero-order chi connectivity index (χ0) is 13.9. The Morgan fingerprint density at radius 1 is 1.32 bits per heavy atom. The standard InChI is InChI=1S/C15H26N2OS/c1-15(2,3)14-17-10-13(19-14)9-16-8-11-4-6-12(18)7-5-11/h10-12,16,18H,4-9H2,1-3H3. The lowest BCUT2D eigenvalue weighted by atomic mass is 9.87. The van der Waals surface area contributed by atoms with E-state index in [1.807, 2.05) is 17.5 Å². The quantitative estimate of drug-likeness (QED) is 0.892. The molecular formula is C15H26N2OS. The van der Waals surface area contributed by atoms with Crippen LogP contribution in [-0.4, -0.2) is 22.7 Å². The van der Waals surface area contributed by atoms with Gasteiger partial charge < -0.3 is 10.4 Å². The highest BCUT2D eigenvalue weighted by Crippen LogP contribution is 2.27. The van der Waals surface area contributed by atoms with Gasteiger partial charge in [0.15, 0.2) is 0 Å². The van der Waals surface area contributed by atoms with Crippen molar-refractivity contribution in [3.63, 3.8) is 0 Å². The lowest BCUT2D eigenvalue weighted by molar-refractivity contribution is 0.108. The number of nitrogens with one attached hydrogen (secondary N) is 1. The van der Waals surface area contributed by atoms with Gasteiger partial charge in [0, 0.05) is 23.0 Å². The Bertz CT molecular complexity index is 389. The van der Waals surface area contributed by atoms with Crippen molar-refractivity contribution in [1.29, 1.82) is 0 Å². The highest BCUT2D eigenvalue weighted by molar-refractivity contribution is 7.11. The molecule has 1 fully saturated rings. The predicted molar refractivity (Wildman–Crippen MR) is 80.5 cm³/mol. The van der Waals surface area contributed by atoms with Crippen LogP contribution in [0.3, 0.4) is 0 Å². The summed E-state index contributed by atoms with van der Waals surface area (Å²) in [6.07, 6.45) is 6.21. The van der Waals surface area contributed by atoms with Gasteiger partial charge in [0.05, 0.1) is 11.1 Å². The maximum Gasteiger partial charge on any atom is 0.0981 e. The maximum atomic E-state index is 9.48. The third-order valence-corrected chi connectivity index (χ3v) is 5.17. The van der Waals surface area contributed by atoms with Crippen LogP contribution in [0.4, 0.5) is 0 Å². The van der Waals surface area contributed by atoms with E-state index in [4.69, 9.17) is 0 Å². The van der Waals surface area contributed by atoms with Gasteiger partial charge in [-0.25, -0.2) is 4.98 Å². The van der Waals surface area contributed by atoms with Gasteiger partial charge in [0.25, 0.3) is 0 Å².